The molecule has 1 aliphatic heterocycles. The Morgan fingerprint density at radius 1 is 1.04 bits per heavy atom. The topological polar surface area (TPSA) is 53.1 Å². The fraction of sp³-hybridized carbons (Fsp3) is 0.238. The Labute approximate surface area is 158 Å². The molecule has 2 N–H and O–H groups in total. The van der Waals surface area contributed by atoms with E-state index in [0.29, 0.717) is 6.54 Å². The average molecular weight is 363 g/mol. The number of hydrogen-bond acceptors (Lipinski definition) is 5. The first-order valence-corrected chi connectivity index (χ1v) is 9.15. The number of rotatable bonds is 5. The zero-order valence-corrected chi connectivity index (χ0v) is 15.0. The first-order chi connectivity index (χ1) is 13.3. The smallest absolute Gasteiger partial charge is 0.128 e. The Balaban J connectivity index is 1.45. The standard InChI is InChI=1S/C21H22FN5/c22-18-4-1-3-16(13-18)14-24-20-6-2-5-19(26-20)17-7-8-21(25-15-17)27-11-9-23-10-12-27/h1-8,13,15,23H,9-12,14H2,(H,24,26). The lowest BCUT2D eigenvalue weighted by Gasteiger charge is -2.28. The molecule has 0 spiro atoms. The van der Waals surface area contributed by atoms with Crippen LogP contribution >= 0.6 is 0 Å². The number of piperazine rings is 1. The third-order valence-electron chi connectivity index (χ3n) is 4.60. The summed E-state index contributed by atoms with van der Waals surface area (Å²) in [4.78, 5) is 11.5. The van der Waals surface area contributed by atoms with Gasteiger partial charge in [-0.2, -0.15) is 0 Å². The number of halogens is 1. The highest BCUT2D eigenvalue weighted by atomic mass is 19.1. The minimum Gasteiger partial charge on any atom is -0.366 e. The van der Waals surface area contributed by atoms with Crippen LogP contribution in [0.3, 0.4) is 0 Å². The van der Waals surface area contributed by atoms with E-state index in [-0.39, 0.29) is 5.82 Å². The molecule has 27 heavy (non-hydrogen) atoms. The lowest BCUT2D eigenvalue weighted by molar-refractivity contribution is 0.585. The average Bonchev–Trinajstić information content (AvgIpc) is 2.73. The van der Waals surface area contributed by atoms with Gasteiger partial charge in [0.05, 0.1) is 5.69 Å². The van der Waals surface area contributed by atoms with Crippen LogP contribution in [0.5, 0.6) is 0 Å². The normalized spacial score (nSPS) is 14.2. The second-order valence-electron chi connectivity index (χ2n) is 6.53. The van der Waals surface area contributed by atoms with Crippen molar-refractivity contribution in [2.24, 2.45) is 0 Å². The number of benzene rings is 1. The van der Waals surface area contributed by atoms with Gasteiger partial charge < -0.3 is 15.5 Å². The van der Waals surface area contributed by atoms with Crippen LogP contribution in [0.2, 0.25) is 0 Å². The van der Waals surface area contributed by atoms with Gasteiger partial charge in [-0.1, -0.05) is 18.2 Å². The summed E-state index contributed by atoms with van der Waals surface area (Å²) in [7, 11) is 0. The minimum atomic E-state index is -0.230. The lowest BCUT2D eigenvalue weighted by atomic mass is 10.2. The van der Waals surface area contributed by atoms with Gasteiger partial charge in [-0.05, 0) is 42.0 Å². The van der Waals surface area contributed by atoms with E-state index in [2.05, 4.69) is 37.6 Å². The van der Waals surface area contributed by atoms with Gasteiger partial charge in [0, 0.05) is 44.5 Å². The van der Waals surface area contributed by atoms with Crippen molar-refractivity contribution in [2.75, 3.05) is 36.4 Å². The van der Waals surface area contributed by atoms with Gasteiger partial charge >= 0.3 is 0 Å². The lowest BCUT2D eigenvalue weighted by Crippen LogP contribution is -2.43. The summed E-state index contributed by atoms with van der Waals surface area (Å²) in [5, 5.41) is 6.60. The molecule has 3 heterocycles. The SMILES string of the molecule is Fc1cccc(CNc2cccc(-c3ccc(N4CCNCC4)nc3)n2)c1. The van der Waals surface area contributed by atoms with Crippen LogP contribution in [0.15, 0.2) is 60.8 Å². The maximum atomic E-state index is 13.3. The number of pyridine rings is 2. The fourth-order valence-corrected chi connectivity index (χ4v) is 3.15. The van der Waals surface area contributed by atoms with Gasteiger partial charge in [-0.3, -0.25) is 0 Å². The van der Waals surface area contributed by atoms with Gasteiger partial charge in [-0.25, -0.2) is 14.4 Å². The molecule has 4 rings (SSSR count). The van der Waals surface area contributed by atoms with E-state index in [0.717, 1.165) is 54.6 Å². The molecule has 1 saturated heterocycles. The molecule has 1 aromatic carbocycles. The maximum absolute atomic E-state index is 13.3. The summed E-state index contributed by atoms with van der Waals surface area (Å²) in [5.74, 6) is 1.52. The molecule has 6 heteroatoms. The molecule has 5 nitrogen and oxygen atoms in total. The molecule has 0 atom stereocenters. The number of anilines is 2. The Morgan fingerprint density at radius 2 is 1.89 bits per heavy atom. The highest BCUT2D eigenvalue weighted by Crippen LogP contribution is 2.21. The molecule has 0 aliphatic carbocycles. The first kappa shape index (κ1) is 17.4. The molecule has 3 aromatic rings. The van der Waals surface area contributed by atoms with Crippen LogP contribution in [-0.4, -0.2) is 36.1 Å². The highest BCUT2D eigenvalue weighted by Gasteiger charge is 2.11. The number of nitrogens with zero attached hydrogens (tertiary/aromatic N) is 3. The monoisotopic (exact) mass is 363 g/mol. The van der Waals surface area contributed by atoms with Crippen molar-refractivity contribution in [3.8, 4) is 11.3 Å². The molecule has 0 unspecified atom stereocenters. The van der Waals surface area contributed by atoms with Crippen LogP contribution in [0.25, 0.3) is 11.3 Å². The van der Waals surface area contributed by atoms with Crippen molar-refractivity contribution in [1.82, 2.24) is 15.3 Å². The fourth-order valence-electron chi connectivity index (χ4n) is 3.15. The molecule has 0 amide bonds. The van der Waals surface area contributed by atoms with Gasteiger partial charge in [0.15, 0.2) is 0 Å². The molecular formula is C21H22FN5. The molecule has 2 aromatic heterocycles. The Hall–Kier alpha value is -2.99. The zero-order valence-electron chi connectivity index (χ0n) is 15.0. The van der Waals surface area contributed by atoms with E-state index >= 15 is 0 Å². The third-order valence-corrected chi connectivity index (χ3v) is 4.60. The molecule has 138 valence electrons. The van der Waals surface area contributed by atoms with Gasteiger partial charge in [-0.15, -0.1) is 0 Å². The Morgan fingerprint density at radius 3 is 2.67 bits per heavy atom. The predicted octanol–water partition coefficient (Wildman–Crippen LogP) is 3.30. The molecule has 1 aliphatic rings. The zero-order chi connectivity index (χ0) is 18.5. The summed E-state index contributed by atoms with van der Waals surface area (Å²) >= 11 is 0. The van der Waals surface area contributed by atoms with Crippen LogP contribution < -0.4 is 15.5 Å². The van der Waals surface area contributed by atoms with E-state index in [9.17, 15) is 4.39 Å². The molecule has 0 radical (unpaired) electrons. The number of hydrogen-bond donors (Lipinski definition) is 2. The third kappa shape index (κ3) is 4.41. The first-order valence-electron chi connectivity index (χ1n) is 9.15. The van der Waals surface area contributed by atoms with E-state index in [4.69, 9.17) is 0 Å². The van der Waals surface area contributed by atoms with Gasteiger partial charge in [0.2, 0.25) is 0 Å². The predicted molar refractivity (Wildman–Crippen MR) is 106 cm³/mol. The van der Waals surface area contributed by atoms with Crippen molar-refractivity contribution >= 4 is 11.6 Å². The van der Waals surface area contributed by atoms with Crippen LogP contribution in [0.1, 0.15) is 5.56 Å². The largest absolute Gasteiger partial charge is 0.366 e. The van der Waals surface area contributed by atoms with Crippen molar-refractivity contribution in [2.45, 2.75) is 6.54 Å². The quantitative estimate of drug-likeness (QED) is 0.728. The molecule has 0 bridgehead atoms. The summed E-state index contributed by atoms with van der Waals surface area (Å²) < 4.78 is 13.3. The second kappa shape index (κ2) is 8.14. The summed E-state index contributed by atoms with van der Waals surface area (Å²) in [5.41, 5.74) is 2.71. The van der Waals surface area contributed by atoms with Crippen LogP contribution in [-0.2, 0) is 6.54 Å². The summed E-state index contributed by atoms with van der Waals surface area (Å²) in [6.45, 7) is 4.45. The van der Waals surface area contributed by atoms with Crippen molar-refractivity contribution in [1.29, 1.82) is 0 Å². The number of aromatic nitrogens is 2. The summed E-state index contributed by atoms with van der Waals surface area (Å²) in [6, 6.07) is 16.5. The van der Waals surface area contributed by atoms with Crippen molar-refractivity contribution in [3.63, 3.8) is 0 Å². The highest BCUT2D eigenvalue weighted by molar-refractivity contribution is 5.62. The number of nitrogens with one attached hydrogen (secondary N) is 2. The molecule has 0 saturated carbocycles. The maximum Gasteiger partial charge on any atom is 0.128 e. The van der Waals surface area contributed by atoms with E-state index in [1.54, 1.807) is 6.07 Å². The van der Waals surface area contributed by atoms with Crippen molar-refractivity contribution < 1.29 is 4.39 Å². The second-order valence-corrected chi connectivity index (χ2v) is 6.53. The van der Waals surface area contributed by atoms with E-state index in [1.807, 2.05) is 30.5 Å². The van der Waals surface area contributed by atoms with Gasteiger partial charge in [0.25, 0.3) is 0 Å². The molecule has 1 fully saturated rings. The summed E-state index contributed by atoms with van der Waals surface area (Å²) in [6.07, 6.45) is 1.87. The van der Waals surface area contributed by atoms with Crippen molar-refractivity contribution in [3.05, 3.63) is 72.2 Å². The van der Waals surface area contributed by atoms with Crippen LogP contribution in [0, 0.1) is 5.82 Å². The molecular weight excluding hydrogens is 341 g/mol. The Kier molecular flexibility index (Phi) is 5.25. The van der Waals surface area contributed by atoms with Crippen LogP contribution in [0.4, 0.5) is 16.0 Å². The van der Waals surface area contributed by atoms with E-state index < -0.39 is 0 Å². The van der Waals surface area contributed by atoms with E-state index in [1.165, 1.54) is 12.1 Å². The Bertz CT molecular complexity index is 891. The van der Waals surface area contributed by atoms with Gasteiger partial charge in [0.1, 0.15) is 17.5 Å². The minimum absolute atomic E-state index is 0.230.